The molecule has 1 unspecified atom stereocenters. The number of nitrogens with one attached hydrogen (secondary N) is 1. The SMILES string of the molecule is CCc1nc(CN(CC2CCCCN2)C(C)C)no1. The number of rotatable bonds is 6. The van der Waals surface area contributed by atoms with Crippen molar-refractivity contribution in [2.45, 2.75) is 65.1 Å². The molecule has 0 aliphatic carbocycles. The van der Waals surface area contributed by atoms with Gasteiger partial charge in [-0.05, 0) is 33.2 Å². The van der Waals surface area contributed by atoms with Crippen LogP contribution >= 0.6 is 0 Å². The Kier molecular flexibility index (Phi) is 5.34. The summed E-state index contributed by atoms with van der Waals surface area (Å²) in [6.07, 6.45) is 4.73. The van der Waals surface area contributed by atoms with Crippen molar-refractivity contribution >= 4 is 0 Å². The molecule has 0 spiro atoms. The number of aryl methyl sites for hydroxylation is 1. The predicted octanol–water partition coefficient (Wildman–Crippen LogP) is 1.98. The summed E-state index contributed by atoms with van der Waals surface area (Å²) in [5, 5.41) is 7.65. The Bertz CT molecular complexity index is 371. The highest BCUT2D eigenvalue weighted by Crippen LogP contribution is 2.12. The van der Waals surface area contributed by atoms with Gasteiger partial charge in [-0.1, -0.05) is 18.5 Å². The molecule has 1 fully saturated rings. The molecule has 5 heteroatoms. The summed E-state index contributed by atoms with van der Waals surface area (Å²) in [6, 6.07) is 1.10. The smallest absolute Gasteiger partial charge is 0.226 e. The highest BCUT2D eigenvalue weighted by molar-refractivity contribution is 4.88. The molecule has 1 saturated heterocycles. The van der Waals surface area contributed by atoms with E-state index in [1.165, 1.54) is 19.3 Å². The van der Waals surface area contributed by atoms with Crippen LogP contribution in [0.25, 0.3) is 0 Å². The van der Waals surface area contributed by atoms with Gasteiger partial charge in [-0.25, -0.2) is 0 Å². The van der Waals surface area contributed by atoms with E-state index in [1.807, 2.05) is 6.92 Å². The minimum Gasteiger partial charge on any atom is -0.339 e. The Morgan fingerprint density at radius 3 is 2.84 bits per heavy atom. The van der Waals surface area contributed by atoms with Gasteiger partial charge in [-0.15, -0.1) is 0 Å². The molecular formula is C14H26N4O. The van der Waals surface area contributed by atoms with E-state index in [-0.39, 0.29) is 0 Å². The van der Waals surface area contributed by atoms with Crippen LogP contribution in [0.5, 0.6) is 0 Å². The molecular weight excluding hydrogens is 240 g/mol. The summed E-state index contributed by atoms with van der Waals surface area (Å²) in [5.74, 6) is 1.54. The van der Waals surface area contributed by atoms with Crippen LogP contribution in [0.4, 0.5) is 0 Å². The van der Waals surface area contributed by atoms with Gasteiger partial charge in [-0.3, -0.25) is 4.90 Å². The van der Waals surface area contributed by atoms with Crippen LogP contribution in [0, 0.1) is 0 Å². The number of nitrogens with zero attached hydrogens (tertiary/aromatic N) is 3. The van der Waals surface area contributed by atoms with Crippen LogP contribution in [-0.4, -0.2) is 40.2 Å². The zero-order valence-electron chi connectivity index (χ0n) is 12.4. The molecule has 2 rings (SSSR count). The molecule has 0 radical (unpaired) electrons. The fourth-order valence-electron chi connectivity index (χ4n) is 2.50. The summed E-state index contributed by atoms with van der Waals surface area (Å²) in [6.45, 7) is 9.47. The molecule has 1 N–H and O–H groups in total. The Morgan fingerprint density at radius 2 is 2.26 bits per heavy atom. The minimum atomic E-state index is 0.493. The van der Waals surface area contributed by atoms with Crippen molar-refractivity contribution in [3.8, 4) is 0 Å². The molecule has 1 aromatic rings. The van der Waals surface area contributed by atoms with Crippen molar-refractivity contribution in [2.24, 2.45) is 0 Å². The van der Waals surface area contributed by atoms with Gasteiger partial charge in [0.1, 0.15) is 0 Å². The fourth-order valence-corrected chi connectivity index (χ4v) is 2.50. The standard InChI is InChI=1S/C14H26N4O/c1-4-14-16-13(17-19-14)10-18(11(2)3)9-12-7-5-6-8-15-12/h11-12,15H,4-10H2,1-3H3. The van der Waals surface area contributed by atoms with Gasteiger partial charge in [0.2, 0.25) is 5.89 Å². The first kappa shape index (κ1) is 14.5. The van der Waals surface area contributed by atoms with Crippen LogP contribution in [-0.2, 0) is 13.0 Å². The quantitative estimate of drug-likeness (QED) is 0.853. The number of hydrogen-bond acceptors (Lipinski definition) is 5. The second-order valence-electron chi connectivity index (χ2n) is 5.63. The molecule has 1 aliphatic heterocycles. The molecule has 0 aromatic carbocycles. The maximum Gasteiger partial charge on any atom is 0.226 e. The minimum absolute atomic E-state index is 0.493. The molecule has 0 amide bonds. The highest BCUT2D eigenvalue weighted by Gasteiger charge is 2.20. The average Bonchev–Trinajstić information content (AvgIpc) is 2.87. The van der Waals surface area contributed by atoms with E-state index >= 15 is 0 Å². The van der Waals surface area contributed by atoms with E-state index in [0.29, 0.717) is 12.1 Å². The van der Waals surface area contributed by atoms with E-state index in [1.54, 1.807) is 0 Å². The Balaban J connectivity index is 1.91. The van der Waals surface area contributed by atoms with Crippen molar-refractivity contribution in [3.63, 3.8) is 0 Å². The van der Waals surface area contributed by atoms with Gasteiger partial charge in [-0.2, -0.15) is 4.98 Å². The zero-order chi connectivity index (χ0) is 13.7. The summed E-state index contributed by atoms with van der Waals surface area (Å²) in [4.78, 5) is 6.83. The van der Waals surface area contributed by atoms with Gasteiger partial charge < -0.3 is 9.84 Å². The predicted molar refractivity (Wildman–Crippen MR) is 74.9 cm³/mol. The Morgan fingerprint density at radius 1 is 1.42 bits per heavy atom. The third-order valence-electron chi connectivity index (χ3n) is 3.75. The lowest BCUT2D eigenvalue weighted by Gasteiger charge is -2.32. The maximum atomic E-state index is 5.18. The lowest BCUT2D eigenvalue weighted by atomic mass is 10.0. The summed E-state index contributed by atoms with van der Waals surface area (Å²) >= 11 is 0. The zero-order valence-corrected chi connectivity index (χ0v) is 12.4. The Hall–Kier alpha value is -0.940. The van der Waals surface area contributed by atoms with Crippen LogP contribution in [0.3, 0.4) is 0 Å². The molecule has 0 saturated carbocycles. The fraction of sp³-hybridized carbons (Fsp3) is 0.857. The second-order valence-corrected chi connectivity index (χ2v) is 5.63. The molecule has 2 heterocycles. The average molecular weight is 266 g/mol. The van der Waals surface area contributed by atoms with Crippen molar-refractivity contribution in [1.82, 2.24) is 20.4 Å². The second kappa shape index (κ2) is 7.01. The van der Waals surface area contributed by atoms with Gasteiger partial charge in [0.15, 0.2) is 5.82 Å². The topological polar surface area (TPSA) is 54.2 Å². The molecule has 0 bridgehead atoms. The van der Waals surface area contributed by atoms with E-state index < -0.39 is 0 Å². The number of aromatic nitrogens is 2. The van der Waals surface area contributed by atoms with E-state index in [2.05, 4.69) is 34.2 Å². The van der Waals surface area contributed by atoms with E-state index in [4.69, 9.17) is 4.52 Å². The first-order valence-electron chi connectivity index (χ1n) is 7.48. The number of hydrogen-bond donors (Lipinski definition) is 1. The van der Waals surface area contributed by atoms with Gasteiger partial charge in [0, 0.05) is 25.0 Å². The van der Waals surface area contributed by atoms with Gasteiger partial charge in [0.05, 0.1) is 6.54 Å². The Labute approximate surface area is 115 Å². The maximum absolute atomic E-state index is 5.18. The third kappa shape index (κ3) is 4.28. The summed E-state index contributed by atoms with van der Waals surface area (Å²) in [5.41, 5.74) is 0. The highest BCUT2D eigenvalue weighted by atomic mass is 16.5. The van der Waals surface area contributed by atoms with Crippen LogP contribution in [0.15, 0.2) is 4.52 Å². The van der Waals surface area contributed by atoms with Crippen LogP contribution in [0.2, 0.25) is 0 Å². The number of piperidine rings is 1. The summed E-state index contributed by atoms with van der Waals surface area (Å²) in [7, 11) is 0. The van der Waals surface area contributed by atoms with Gasteiger partial charge >= 0.3 is 0 Å². The molecule has 1 aromatic heterocycles. The molecule has 1 aliphatic rings. The third-order valence-corrected chi connectivity index (χ3v) is 3.75. The first-order valence-corrected chi connectivity index (χ1v) is 7.48. The normalized spacial score (nSPS) is 20.4. The molecule has 1 atom stereocenters. The van der Waals surface area contributed by atoms with Crippen molar-refractivity contribution in [1.29, 1.82) is 0 Å². The van der Waals surface area contributed by atoms with Gasteiger partial charge in [0.25, 0.3) is 0 Å². The van der Waals surface area contributed by atoms with Crippen molar-refractivity contribution < 1.29 is 4.52 Å². The monoisotopic (exact) mass is 266 g/mol. The lowest BCUT2D eigenvalue weighted by molar-refractivity contribution is 0.171. The van der Waals surface area contributed by atoms with Crippen molar-refractivity contribution in [3.05, 3.63) is 11.7 Å². The summed E-state index contributed by atoms with van der Waals surface area (Å²) < 4.78 is 5.18. The van der Waals surface area contributed by atoms with E-state index in [0.717, 1.165) is 37.8 Å². The molecule has 19 heavy (non-hydrogen) atoms. The first-order chi connectivity index (χ1) is 9.19. The van der Waals surface area contributed by atoms with Crippen molar-refractivity contribution in [2.75, 3.05) is 13.1 Å². The largest absolute Gasteiger partial charge is 0.339 e. The van der Waals surface area contributed by atoms with E-state index in [9.17, 15) is 0 Å². The molecule has 5 nitrogen and oxygen atoms in total. The lowest BCUT2D eigenvalue weighted by Crippen LogP contribution is -2.45. The molecule has 108 valence electrons. The van der Waals surface area contributed by atoms with Crippen LogP contribution < -0.4 is 5.32 Å². The van der Waals surface area contributed by atoms with Crippen LogP contribution in [0.1, 0.15) is 51.7 Å².